The number of nitrogens with zero attached hydrogens (tertiary/aromatic N) is 1. The lowest BCUT2D eigenvalue weighted by molar-refractivity contribution is -0.137. The van der Waals surface area contributed by atoms with Gasteiger partial charge in [-0.15, -0.1) is 11.6 Å². The van der Waals surface area contributed by atoms with Crippen molar-refractivity contribution in [2.75, 3.05) is 20.1 Å². The zero-order chi connectivity index (χ0) is 13.7. The highest BCUT2D eigenvalue weighted by Crippen LogP contribution is 2.23. The van der Waals surface area contributed by atoms with Gasteiger partial charge in [-0.1, -0.05) is 12.1 Å². The third-order valence-electron chi connectivity index (χ3n) is 2.72. The van der Waals surface area contributed by atoms with E-state index in [1.807, 2.05) is 11.9 Å². The van der Waals surface area contributed by atoms with Crippen molar-refractivity contribution in [2.45, 2.75) is 18.7 Å². The van der Waals surface area contributed by atoms with Crippen molar-refractivity contribution in [3.63, 3.8) is 0 Å². The molecule has 3 nitrogen and oxygen atoms in total. The summed E-state index contributed by atoms with van der Waals surface area (Å²) in [4.78, 5) is 12.3. The van der Waals surface area contributed by atoms with Crippen LogP contribution in [0.3, 0.4) is 0 Å². The Morgan fingerprint density at radius 1 is 1.56 bits per heavy atom. The predicted octanol–water partition coefficient (Wildman–Crippen LogP) is 2.82. The van der Waals surface area contributed by atoms with Gasteiger partial charge in [0, 0.05) is 13.1 Å². The zero-order valence-corrected chi connectivity index (χ0v) is 11.2. The number of hydrogen-bond acceptors (Lipinski definition) is 2. The van der Waals surface area contributed by atoms with Gasteiger partial charge in [-0.05, 0) is 31.2 Å². The van der Waals surface area contributed by atoms with Crippen LogP contribution in [0.5, 0.6) is 0 Å². The summed E-state index contributed by atoms with van der Waals surface area (Å²) in [6, 6.07) is 4.78. The number of carbonyl (C=O) groups is 1. The van der Waals surface area contributed by atoms with Crippen molar-refractivity contribution in [1.82, 2.24) is 4.90 Å². The monoisotopic (exact) mass is 273 g/mol. The fourth-order valence-electron chi connectivity index (χ4n) is 1.62. The molecule has 0 saturated heterocycles. The van der Waals surface area contributed by atoms with E-state index in [-0.39, 0.29) is 17.6 Å². The molecule has 0 fully saturated rings. The van der Waals surface area contributed by atoms with Crippen LogP contribution in [0, 0.1) is 12.7 Å². The van der Waals surface area contributed by atoms with E-state index >= 15 is 0 Å². The largest absolute Gasteiger partial charge is 0.481 e. The van der Waals surface area contributed by atoms with Crippen molar-refractivity contribution in [2.24, 2.45) is 0 Å². The molecule has 1 aromatic carbocycles. The summed E-state index contributed by atoms with van der Waals surface area (Å²) in [7, 11) is 1.81. The maximum atomic E-state index is 13.1. The minimum absolute atomic E-state index is 0.0859. The average Bonchev–Trinajstić information content (AvgIpc) is 2.30. The Bertz CT molecular complexity index is 425. The fraction of sp³-hybridized carbons (Fsp3) is 0.462. The van der Waals surface area contributed by atoms with Crippen LogP contribution in [0.4, 0.5) is 4.39 Å². The number of benzene rings is 1. The van der Waals surface area contributed by atoms with Crippen LogP contribution in [-0.2, 0) is 4.79 Å². The van der Waals surface area contributed by atoms with Crippen molar-refractivity contribution in [1.29, 1.82) is 0 Å². The Kier molecular flexibility index (Phi) is 5.56. The van der Waals surface area contributed by atoms with Gasteiger partial charge in [0.05, 0.1) is 11.8 Å². The SMILES string of the molecule is Cc1cc(C(Cl)CN(C)CCC(=O)O)ccc1F. The van der Waals surface area contributed by atoms with E-state index in [1.54, 1.807) is 19.1 Å². The third kappa shape index (κ3) is 4.63. The van der Waals surface area contributed by atoms with Crippen LogP contribution >= 0.6 is 11.6 Å². The molecular weight excluding hydrogens is 257 g/mol. The number of rotatable bonds is 6. The molecule has 0 aromatic heterocycles. The first kappa shape index (κ1) is 14.9. The first-order valence-electron chi connectivity index (χ1n) is 5.70. The molecule has 0 heterocycles. The lowest BCUT2D eigenvalue weighted by Gasteiger charge is -2.19. The molecule has 0 spiro atoms. The molecule has 5 heteroatoms. The van der Waals surface area contributed by atoms with Crippen molar-refractivity contribution < 1.29 is 14.3 Å². The molecule has 0 amide bonds. The Labute approximate surface area is 111 Å². The first-order chi connectivity index (χ1) is 8.40. The number of likely N-dealkylation sites (N-methyl/N-ethyl adjacent to an activating group) is 1. The Morgan fingerprint density at radius 2 is 2.22 bits per heavy atom. The van der Waals surface area contributed by atoms with Gasteiger partial charge < -0.3 is 10.0 Å². The molecule has 1 aromatic rings. The predicted molar refractivity (Wildman–Crippen MR) is 69.5 cm³/mol. The smallest absolute Gasteiger partial charge is 0.304 e. The number of carboxylic acid groups (broad SMARTS) is 1. The first-order valence-corrected chi connectivity index (χ1v) is 6.14. The van der Waals surface area contributed by atoms with Crippen LogP contribution < -0.4 is 0 Å². The summed E-state index contributed by atoms with van der Waals surface area (Å²) < 4.78 is 13.1. The lowest BCUT2D eigenvalue weighted by Crippen LogP contribution is -2.25. The molecule has 0 aliphatic carbocycles. The molecular formula is C13H17ClFNO2. The number of alkyl halides is 1. The molecule has 0 bridgehead atoms. The van der Waals surface area contributed by atoms with Gasteiger partial charge in [0.2, 0.25) is 0 Å². The highest BCUT2D eigenvalue weighted by Gasteiger charge is 2.13. The highest BCUT2D eigenvalue weighted by molar-refractivity contribution is 6.21. The molecule has 0 aliphatic heterocycles. The van der Waals surface area contributed by atoms with Crippen LogP contribution in [0.25, 0.3) is 0 Å². The van der Waals surface area contributed by atoms with E-state index in [1.165, 1.54) is 6.07 Å². The van der Waals surface area contributed by atoms with E-state index in [4.69, 9.17) is 16.7 Å². The van der Waals surface area contributed by atoms with Crippen molar-refractivity contribution in [3.8, 4) is 0 Å². The standard InChI is InChI=1S/C13H17ClFNO2/c1-9-7-10(3-4-12(9)15)11(14)8-16(2)6-5-13(17)18/h3-4,7,11H,5-6,8H2,1-2H3,(H,17,18). The molecule has 100 valence electrons. The van der Waals surface area contributed by atoms with Gasteiger partial charge >= 0.3 is 5.97 Å². The molecule has 1 N–H and O–H groups in total. The normalized spacial score (nSPS) is 12.7. The van der Waals surface area contributed by atoms with Gasteiger partial charge in [-0.25, -0.2) is 4.39 Å². The molecule has 1 unspecified atom stereocenters. The lowest BCUT2D eigenvalue weighted by atomic mass is 10.1. The minimum Gasteiger partial charge on any atom is -0.481 e. The topological polar surface area (TPSA) is 40.5 Å². The number of carboxylic acids is 1. The van der Waals surface area contributed by atoms with Gasteiger partial charge in [-0.3, -0.25) is 4.79 Å². The van der Waals surface area contributed by atoms with Crippen LogP contribution in [0.1, 0.15) is 22.9 Å². The maximum absolute atomic E-state index is 13.1. The summed E-state index contributed by atoms with van der Waals surface area (Å²) >= 11 is 6.23. The number of hydrogen-bond donors (Lipinski definition) is 1. The van der Waals surface area contributed by atoms with Crippen LogP contribution in [0.2, 0.25) is 0 Å². The second-order valence-corrected chi connectivity index (χ2v) is 4.91. The Balaban J connectivity index is 2.56. The highest BCUT2D eigenvalue weighted by atomic mass is 35.5. The van der Waals surface area contributed by atoms with Gasteiger partial charge in [0.1, 0.15) is 5.82 Å². The van der Waals surface area contributed by atoms with Crippen LogP contribution in [0.15, 0.2) is 18.2 Å². The van der Waals surface area contributed by atoms with Crippen molar-refractivity contribution in [3.05, 3.63) is 35.1 Å². The summed E-state index contributed by atoms with van der Waals surface area (Å²) in [5, 5.41) is 8.30. The third-order valence-corrected chi connectivity index (χ3v) is 3.11. The summed E-state index contributed by atoms with van der Waals surface area (Å²) in [6.07, 6.45) is 0.0859. The maximum Gasteiger partial charge on any atom is 0.304 e. The molecule has 0 aliphatic rings. The summed E-state index contributed by atoms with van der Waals surface area (Å²) in [5.74, 6) is -1.08. The molecule has 18 heavy (non-hydrogen) atoms. The Hall–Kier alpha value is -1.13. The van der Waals surface area contributed by atoms with E-state index in [2.05, 4.69) is 0 Å². The van der Waals surface area contributed by atoms with Gasteiger partial charge in [0.25, 0.3) is 0 Å². The van der Waals surface area contributed by atoms with E-state index in [0.717, 1.165) is 5.56 Å². The molecule has 0 saturated carbocycles. The summed E-state index contributed by atoms with van der Waals surface area (Å²) in [5.41, 5.74) is 1.41. The van der Waals surface area contributed by atoms with E-state index in [0.29, 0.717) is 18.7 Å². The minimum atomic E-state index is -0.828. The number of aliphatic carboxylic acids is 1. The molecule has 0 radical (unpaired) electrons. The van der Waals surface area contributed by atoms with E-state index < -0.39 is 5.97 Å². The van der Waals surface area contributed by atoms with E-state index in [9.17, 15) is 9.18 Å². The second-order valence-electron chi connectivity index (χ2n) is 4.38. The molecule has 1 atom stereocenters. The van der Waals surface area contributed by atoms with Crippen molar-refractivity contribution >= 4 is 17.6 Å². The van der Waals surface area contributed by atoms with Crippen LogP contribution in [-0.4, -0.2) is 36.1 Å². The average molecular weight is 274 g/mol. The molecule has 1 rings (SSSR count). The number of aryl methyl sites for hydroxylation is 1. The Morgan fingerprint density at radius 3 is 2.78 bits per heavy atom. The second kappa shape index (κ2) is 6.71. The van der Waals surface area contributed by atoms with Gasteiger partial charge in [0.15, 0.2) is 0 Å². The number of halogens is 2. The fourth-order valence-corrected chi connectivity index (χ4v) is 1.99. The quantitative estimate of drug-likeness (QED) is 0.811. The van der Waals surface area contributed by atoms with Gasteiger partial charge in [-0.2, -0.15) is 0 Å². The zero-order valence-electron chi connectivity index (χ0n) is 10.5. The summed E-state index contributed by atoms with van der Waals surface area (Å²) in [6.45, 7) is 2.66.